The highest BCUT2D eigenvalue weighted by Gasteiger charge is 2.27. The number of carbonyl (C=O) groups is 1. The number of sulfonamides is 1. The third kappa shape index (κ3) is 5.31. The van der Waals surface area contributed by atoms with Crippen LogP contribution in [-0.2, 0) is 27.7 Å². The van der Waals surface area contributed by atoms with Gasteiger partial charge < -0.3 is 5.32 Å². The molecule has 0 unspecified atom stereocenters. The van der Waals surface area contributed by atoms with Crippen LogP contribution in [0.15, 0.2) is 71.6 Å². The molecule has 0 heterocycles. The lowest BCUT2D eigenvalue weighted by molar-refractivity contribution is -0.114. The van der Waals surface area contributed by atoms with Crippen LogP contribution in [0.3, 0.4) is 0 Å². The van der Waals surface area contributed by atoms with Crippen molar-refractivity contribution in [2.75, 3.05) is 16.2 Å². The number of nitrogens with one attached hydrogen (secondary N) is 1. The molecule has 3 aromatic carbocycles. The fourth-order valence-corrected chi connectivity index (χ4v) is 5.02. The number of carbonyl (C=O) groups excluding carboxylic acids is 1. The minimum atomic E-state index is -3.97. The second kappa shape index (κ2) is 10.2. The van der Waals surface area contributed by atoms with Crippen molar-refractivity contribution < 1.29 is 13.2 Å². The molecule has 168 valence electrons. The Balaban J connectivity index is 1.97. The summed E-state index contributed by atoms with van der Waals surface area (Å²) in [4.78, 5) is 13.2. The molecule has 0 aromatic heterocycles. The van der Waals surface area contributed by atoms with Gasteiger partial charge in [-0.3, -0.25) is 9.10 Å². The monoisotopic (exact) mass is 470 g/mol. The van der Waals surface area contributed by atoms with Gasteiger partial charge in [-0.25, -0.2) is 8.42 Å². The van der Waals surface area contributed by atoms with Gasteiger partial charge in [0.15, 0.2) is 0 Å². The number of nitrogens with zero attached hydrogens (tertiary/aromatic N) is 1. The number of halogens is 1. The summed E-state index contributed by atoms with van der Waals surface area (Å²) in [7, 11) is -3.97. The molecule has 0 saturated carbocycles. The zero-order valence-corrected chi connectivity index (χ0v) is 20.0. The molecule has 3 aromatic rings. The molecule has 0 aliphatic rings. The standard InChI is InChI=1S/C25H27ClN2O3S/c1-4-19-7-6-8-20(5-2)25(19)27-24(29)17-28(22-13-11-21(26)12-14-22)32(30,31)23-15-9-18(3)10-16-23/h6-16H,4-5,17H2,1-3H3,(H,27,29). The SMILES string of the molecule is CCc1cccc(CC)c1NC(=O)CN(c1ccc(Cl)cc1)S(=O)(=O)c1ccc(C)cc1. The second-order valence-corrected chi connectivity index (χ2v) is 9.81. The highest BCUT2D eigenvalue weighted by Crippen LogP contribution is 2.27. The van der Waals surface area contributed by atoms with E-state index in [1.807, 2.05) is 39.0 Å². The predicted molar refractivity (Wildman–Crippen MR) is 131 cm³/mol. The van der Waals surface area contributed by atoms with Gasteiger partial charge in [0.25, 0.3) is 10.0 Å². The Labute approximate surface area is 195 Å². The van der Waals surface area contributed by atoms with E-state index in [1.165, 1.54) is 0 Å². The van der Waals surface area contributed by atoms with E-state index in [4.69, 9.17) is 11.6 Å². The van der Waals surface area contributed by atoms with Crippen LogP contribution >= 0.6 is 11.6 Å². The maximum atomic E-state index is 13.5. The summed E-state index contributed by atoms with van der Waals surface area (Å²) in [5, 5.41) is 3.44. The Morgan fingerprint density at radius 2 is 1.47 bits per heavy atom. The van der Waals surface area contributed by atoms with Crippen LogP contribution < -0.4 is 9.62 Å². The molecule has 1 N–H and O–H groups in total. The molecule has 0 spiro atoms. The molecule has 0 fully saturated rings. The van der Waals surface area contributed by atoms with E-state index in [0.717, 1.165) is 39.5 Å². The lowest BCUT2D eigenvalue weighted by Crippen LogP contribution is -2.38. The van der Waals surface area contributed by atoms with Gasteiger partial charge in [-0.1, -0.05) is 61.3 Å². The van der Waals surface area contributed by atoms with Gasteiger partial charge in [0.1, 0.15) is 6.54 Å². The topological polar surface area (TPSA) is 66.5 Å². The summed E-state index contributed by atoms with van der Waals surface area (Å²) in [5.41, 5.74) is 4.09. The fourth-order valence-electron chi connectivity index (χ4n) is 3.47. The van der Waals surface area contributed by atoms with Crippen molar-refractivity contribution in [3.63, 3.8) is 0 Å². The first kappa shape index (κ1) is 23.8. The number of rotatable bonds is 8. The van der Waals surface area contributed by atoms with E-state index in [1.54, 1.807) is 48.5 Å². The third-order valence-electron chi connectivity index (χ3n) is 5.27. The minimum Gasteiger partial charge on any atom is -0.324 e. The molecule has 0 aliphatic carbocycles. The van der Waals surface area contributed by atoms with Crippen molar-refractivity contribution in [1.29, 1.82) is 0 Å². The van der Waals surface area contributed by atoms with Crippen LogP contribution in [0.1, 0.15) is 30.5 Å². The van der Waals surface area contributed by atoms with Gasteiger partial charge in [-0.15, -0.1) is 0 Å². The van der Waals surface area contributed by atoms with Gasteiger partial charge in [0.2, 0.25) is 5.91 Å². The summed E-state index contributed by atoms with van der Waals surface area (Å²) >= 11 is 6.00. The van der Waals surface area contributed by atoms with Crippen LogP contribution in [0.4, 0.5) is 11.4 Å². The molecular weight excluding hydrogens is 444 g/mol. The van der Waals surface area contributed by atoms with Crippen molar-refractivity contribution in [1.82, 2.24) is 0 Å². The molecule has 0 aliphatic heterocycles. The molecular formula is C25H27ClN2O3S. The number of amides is 1. The molecule has 5 nitrogen and oxygen atoms in total. The molecule has 3 rings (SSSR count). The molecule has 7 heteroatoms. The molecule has 0 atom stereocenters. The van der Waals surface area contributed by atoms with E-state index >= 15 is 0 Å². The zero-order valence-electron chi connectivity index (χ0n) is 18.4. The van der Waals surface area contributed by atoms with Crippen LogP contribution in [0, 0.1) is 6.92 Å². The zero-order chi connectivity index (χ0) is 23.3. The summed E-state index contributed by atoms with van der Waals surface area (Å²) in [6.07, 6.45) is 1.51. The first-order valence-corrected chi connectivity index (χ1v) is 12.3. The van der Waals surface area contributed by atoms with E-state index in [-0.39, 0.29) is 11.4 Å². The molecule has 1 amide bonds. The van der Waals surface area contributed by atoms with Crippen molar-refractivity contribution in [2.45, 2.75) is 38.5 Å². The minimum absolute atomic E-state index is 0.119. The van der Waals surface area contributed by atoms with Gasteiger partial charge in [-0.05, 0) is 67.3 Å². The highest BCUT2D eigenvalue weighted by molar-refractivity contribution is 7.92. The first-order chi connectivity index (χ1) is 15.3. The lowest BCUT2D eigenvalue weighted by atomic mass is 10.0. The quantitative estimate of drug-likeness (QED) is 0.465. The molecule has 32 heavy (non-hydrogen) atoms. The average molecular weight is 471 g/mol. The summed E-state index contributed by atoms with van der Waals surface area (Å²) in [5.74, 6) is -0.411. The lowest BCUT2D eigenvalue weighted by Gasteiger charge is -2.25. The van der Waals surface area contributed by atoms with Gasteiger partial charge in [-0.2, -0.15) is 0 Å². The van der Waals surface area contributed by atoms with Crippen LogP contribution in [0.25, 0.3) is 0 Å². The largest absolute Gasteiger partial charge is 0.324 e. The van der Waals surface area contributed by atoms with Crippen molar-refractivity contribution in [2.24, 2.45) is 0 Å². The Bertz CT molecular complexity index is 1170. The predicted octanol–water partition coefficient (Wildman–Crippen LogP) is 5.61. The van der Waals surface area contributed by atoms with Gasteiger partial charge in [0, 0.05) is 10.7 Å². The maximum Gasteiger partial charge on any atom is 0.264 e. The Morgan fingerprint density at radius 1 is 0.906 bits per heavy atom. The average Bonchev–Trinajstić information content (AvgIpc) is 2.78. The summed E-state index contributed by atoms with van der Waals surface area (Å²) in [6, 6.07) is 18.9. The number of hydrogen-bond donors (Lipinski definition) is 1. The van der Waals surface area contributed by atoms with Gasteiger partial charge in [0.05, 0.1) is 10.6 Å². The smallest absolute Gasteiger partial charge is 0.264 e. The van der Waals surface area contributed by atoms with Crippen LogP contribution in [0.2, 0.25) is 5.02 Å². The van der Waals surface area contributed by atoms with Crippen molar-refractivity contribution in [3.8, 4) is 0 Å². The normalized spacial score (nSPS) is 11.2. The Morgan fingerprint density at radius 3 is 2.00 bits per heavy atom. The number of benzene rings is 3. The second-order valence-electron chi connectivity index (χ2n) is 7.51. The highest BCUT2D eigenvalue weighted by atomic mass is 35.5. The van der Waals surface area contributed by atoms with E-state index < -0.39 is 15.9 Å². The third-order valence-corrected chi connectivity index (χ3v) is 7.31. The number of anilines is 2. The van der Waals surface area contributed by atoms with E-state index in [9.17, 15) is 13.2 Å². The number of aryl methyl sites for hydroxylation is 3. The van der Waals surface area contributed by atoms with Crippen molar-refractivity contribution >= 4 is 38.9 Å². The van der Waals surface area contributed by atoms with Gasteiger partial charge >= 0.3 is 0 Å². The number of hydrogen-bond acceptors (Lipinski definition) is 3. The fraction of sp³-hybridized carbons (Fsp3) is 0.240. The summed E-state index contributed by atoms with van der Waals surface area (Å²) < 4.78 is 28.1. The maximum absolute atomic E-state index is 13.5. The number of para-hydroxylation sites is 1. The Kier molecular flexibility index (Phi) is 7.59. The van der Waals surface area contributed by atoms with Crippen LogP contribution in [0.5, 0.6) is 0 Å². The van der Waals surface area contributed by atoms with Crippen molar-refractivity contribution in [3.05, 3.63) is 88.4 Å². The van der Waals surface area contributed by atoms with Crippen LogP contribution in [-0.4, -0.2) is 20.9 Å². The molecule has 0 saturated heterocycles. The summed E-state index contributed by atoms with van der Waals surface area (Å²) in [6.45, 7) is 5.56. The molecule has 0 bridgehead atoms. The molecule has 0 radical (unpaired) electrons. The Hall–Kier alpha value is -2.83. The first-order valence-electron chi connectivity index (χ1n) is 10.5. The van der Waals surface area contributed by atoms with E-state index in [2.05, 4.69) is 5.32 Å². The van der Waals surface area contributed by atoms with E-state index in [0.29, 0.717) is 10.7 Å².